The highest BCUT2D eigenvalue weighted by Crippen LogP contribution is 2.54. The number of sulfone groups is 1. The van der Waals surface area contributed by atoms with Crippen LogP contribution in [0.1, 0.15) is 67.6 Å². The Morgan fingerprint density at radius 1 is 0.830 bits per heavy atom. The summed E-state index contributed by atoms with van der Waals surface area (Å²) in [5.74, 6) is -2.56. The minimum absolute atomic E-state index is 0.000804. The molecule has 0 bridgehead atoms. The largest absolute Gasteiger partial charge is 0.481 e. The zero-order valence-electron chi connectivity index (χ0n) is 25.1. The lowest BCUT2D eigenvalue weighted by Gasteiger charge is -2.33. The number of rotatable bonds is 7. The van der Waals surface area contributed by atoms with E-state index in [1.54, 1.807) is 12.1 Å². The molecule has 1 amide bonds. The van der Waals surface area contributed by atoms with Gasteiger partial charge in [0.1, 0.15) is 4.75 Å². The third kappa shape index (κ3) is 6.25. The van der Waals surface area contributed by atoms with E-state index in [1.807, 2.05) is 0 Å². The summed E-state index contributed by atoms with van der Waals surface area (Å²) in [6.07, 6.45) is -10.6. The number of benzene rings is 2. The van der Waals surface area contributed by atoms with Gasteiger partial charge in [0.15, 0.2) is 9.84 Å². The number of carbonyl (C=O) groups excluding carboxylic acids is 1. The van der Waals surface area contributed by atoms with Gasteiger partial charge in [0, 0.05) is 37.8 Å². The monoisotopic (exact) mass is 693 g/mol. The van der Waals surface area contributed by atoms with Gasteiger partial charge in [-0.1, -0.05) is 36.4 Å². The average Bonchev–Trinajstić information content (AvgIpc) is 3.51. The van der Waals surface area contributed by atoms with Crippen LogP contribution in [0.15, 0.2) is 53.4 Å². The SMILES string of the molecule is O=C(O)[C@H]1CC[C@H](C(=O)N2CCC(c3ccc(C(F)(C(F)(F)F)C(F)(F)F)cc3)(S(=O)(=O)c3cccc(C4CCOCC4)c3)C2)CC1. The van der Waals surface area contributed by atoms with E-state index in [0.29, 0.717) is 38.2 Å². The van der Waals surface area contributed by atoms with Crippen molar-refractivity contribution in [3.63, 3.8) is 0 Å². The van der Waals surface area contributed by atoms with Crippen LogP contribution in [0.2, 0.25) is 0 Å². The van der Waals surface area contributed by atoms with E-state index in [0.717, 1.165) is 17.7 Å². The van der Waals surface area contributed by atoms with Gasteiger partial charge >= 0.3 is 24.0 Å². The number of halogens is 7. The molecular weight excluding hydrogens is 659 g/mol. The van der Waals surface area contributed by atoms with Crippen LogP contribution >= 0.6 is 0 Å². The molecule has 2 saturated heterocycles. The van der Waals surface area contributed by atoms with Gasteiger partial charge in [0.2, 0.25) is 5.91 Å². The maximum atomic E-state index is 14.8. The molecule has 15 heteroatoms. The number of hydrogen-bond donors (Lipinski definition) is 1. The lowest BCUT2D eigenvalue weighted by molar-refractivity contribution is -0.348. The molecule has 258 valence electrons. The Bertz CT molecular complexity index is 1570. The van der Waals surface area contributed by atoms with Crippen LogP contribution in [0.3, 0.4) is 0 Å². The van der Waals surface area contributed by atoms with E-state index in [4.69, 9.17) is 4.74 Å². The number of carboxylic acids is 1. The Morgan fingerprint density at radius 3 is 1.96 bits per heavy atom. The van der Waals surface area contributed by atoms with Gasteiger partial charge in [-0.05, 0) is 74.1 Å². The molecule has 2 aromatic rings. The molecule has 1 saturated carbocycles. The van der Waals surface area contributed by atoms with Crippen LogP contribution in [0, 0.1) is 11.8 Å². The van der Waals surface area contributed by atoms with Gasteiger partial charge in [-0.2, -0.15) is 26.3 Å². The molecule has 47 heavy (non-hydrogen) atoms. The molecular formula is C32H34F7NO6S. The summed E-state index contributed by atoms with van der Waals surface area (Å²) in [4.78, 5) is 26.2. The van der Waals surface area contributed by atoms with Crippen molar-refractivity contribution >= 4 is 21.7 Å². The molecule has 0 spiro atoms. The fourth-order valence-electron chi connectivity index (χ4n) is 7.11. The fraction of sp³-hybridized carbons (Fsp3) is 0.562. The van der Waals surface area contributed by atoms with Crippen molar-refractivity contribution in [1.82, 2.24) is 4.90 Å². The minimum atomic E-state index is -6.35. The fourth-order valence-corrected chi connectivity index (χ4v) is 9.24. The lowest BCUT2D eigenvalue weighted by Crippen LogP contribution is -2.50. The maximum Gasteiger partial charge on any atom is 0.435 e. The van der Waals surface area contributed by atoms with Gasteiger partial charge < -0.3 is 14.7 Å². The highest BCUT2D eigenvalue weighted by atomic mass is 32.2. The van der Waals surface area contributed by atoms with Crippen LogP contribution in [-0.4, -0.2) is 69.0 Å². The molecule has 1 unspecified atom stereocenters. The Morgan fingerprint density at radius 2 is 1.40 bits per heavy atom. The molecule has 1 aliphatic carbocycles. The third-order valence-corrected chi connectivity index (χ3v) is 12.4. The number of nitrogens with zero attached hydrogens (tertiary/aromatic N) is 1. The van der Waals surface area contributed by atoms with Crippen molar-refractivity contribution in [2.45, 2.75) is 78.5 Å². The number of likely N-dealkylation sites (tertiary alicyclic amines) is 1. The minimum Gasteiger partial charge on any atom is -0.481 e. The second kappa shape index (κ2) is 12.7. The second-order valence-electron chi connectivity index (χ2n) is 12.6. The predicted molar refractivity (Wildman–Crippen MR) is 154 cm³/mol. The smallest absolute Gasteiger partial charge is 0.435 e. The molecule has 2 heterocycles. The van der Waals surface area contributed by atoms with Crippen molar-refractivity contribution < 1.29 is 58.6 Å². The second-order valence-corrected chi connectivity index (χ2v) is 14.8. The zero-order valence-corrected chi connectivity index (χ0v) is 25.9. The molecule has 5 rings (SSSR count). The van der Waals surface area contributed by atoms with Gasteiger partial charge in [-0.3, -0.25) is 9.59 Å². The predicted octanol–water partition coefficient (Wildman–Crippen LogP) is 6.66. The first-order valence-corrected chi connectivity index (χ1v) is 16.8. The quantitative estimate of drug-likeness (QED) is 0.326. The van der Waals surface area contributed by atoms with E-state index in [1.165, 1.54) is 17.0 Å². The van der Waals surface area contributed by atoms with E-state index in [9.17, 15) is 53.8 Å². The molecule has 7 nitrogen and oxygen atoms in total. The number of ether oxygens (including phenoxy) is 1. The summed E-state index contributed by atoms with van der Waals surface area (Å²) >= 11 is 0. The zero-order chi connectivity index (χ0) is 34.4. The first-order chi connectivity index (χ1) is 21.9. The molecule has 3 aliphatic rings. The number of aliphatic carboxylic acids is 1. The van der Waals surface area contributed by atoms with Crippen LogP contribution in [0.25, 0.3) is 0 Å². The molecule has 3 fully saturated rings. The van der Waals surface area contributed by atoms with E-state index < -0.39 is 68.4 Å². The number of carboxylic acid groups (broad SMARTS) is 1. The number of hydrogen-bond acceptors (Lipinski definition) is 5. The standard InChI is InChI=1S/C32H34F7NO6S/c33-30(31(34,35)36,32(37,38)39)25-10-8-24(9-11-25)29(14-15-40(19-29)27(41)21-4-6-22(7-5-21)28(42)43)47(44,45)26-3-1-2-23(18-26)20-12-16-46-17-13-20/h1-3,8-11,18,20-22H,4-7,12-17,19H2,(H,42,43)/t21-,22-,29?. The van der Waals surface area contributed by atoms with E-state index >= 15 is 0 Å². The Kier molecular flexibility index (Phi) is 9.47. The van der Waals surface area contributed by atoms with Gasteiger partial charge in [-0.15, -0.1) is 0 Å². The molecule has 1 N–H and O–H groups in total. The van der Waals surface area contributed by atoms with Crippen molar-refractivity contribution in [2.24, 2.45) is 11.8 Å². The first-order valence-electron chi connectivity index (χ1n) is 15.3. The molecule has 1 atom stereocenters. The normalized spacial score (nSPS) is 25.1. The Hall–Kier alpha value is -3.20. The summed E-state index contributed by atoms with van der Waals surface area (Å²) in [6.45, 7) is 0.425. The van der Waals surface area contributed by atoms with Crippen molar-refractivity contribution in [1.29, 1.82) is 0 Å². The van der Waals surface area contributed by atoms with Crippen LogP contribution in [0.5, 0.6) is 0 Å². The third-order valence-electron chi connectivity index (χ3n) is 9.93. The lowest BCUT2D eigenvalue weighted by atomic mass is 9.81. The van der Waals surface area contributed by atoms with Crippen molar-refractivity contribution in [3.05, 3.63) is 65.2 Å². The molecule has 2 aromatic carbocycles. The topological polar surface area (TPSA) is 101 Å². The summed E-state index contributed by atoms with van der Waals surface area (Å²) in [5.41, 5.74) is -6.92. The van der Waals surface area contributed by atoms with Crippen LogP contribution < -0.4 is 0 Å². The summed E-state index contributed by atoms with van der Waals surface area (Å²) < 4.78 is 128. The maximum absolute atomic E-state index is 14.8. The summed E-state index contributed by atoms with van der Waals surface area (Å²) in [5, 5.41) is 9.31. The summed E-state index contributed by atoms with van der Waals surface area (Å²) in [6, 6.07) is 8.28. The Labute approximate surface area is 267 Å². The van der Waals surface area contributed by atoms with Gasteiger partial charge in [-0.25, -0.2) is 12.8 Å². The van der Waals surface area contributed by atoms with Crippen molar-refractivity contribution in [2.75, 3.05) is 26.3 Å². The van der Waals surface area contributed by atoms with Gasteiger partial charge in [0.25, 0.3) is 0 Å². The average molecular weight is 694 g/mol. The van der Waals surface area contributed by atoms with Gasteiger partial charge in [0.05, 0.1) is 10.8 Å². The van der Waals surface area contributed by atoms with E-state index in [-0.39, 0.29) is 55.0 Å². The summed E-state index contributed by atoms with van der Waals surface area (Å²) in [7, 11) is -4.48. The molecule has 0 radical (unpaired) electrons. The highest BCUT2D eigenvalue weighted by molar-refractivity contribution is 7.92. The number of amides is 1. The molecule has 0 aromatic heterocycles. The van der Waals surface area contributed by atoms with Crippen molar-refractivity contribution in [3.8, 4) is 0 Å². The Balaban J connectivity index is 1.54. The number of carbonyl (C=O) groups is 2. The van der Waals surface area contributed by atoms with Crippen LogP contribution in [0.4, 0.5) is 30.7 Å². The highest BCUT2D eigenvalue weighted by Gasteiger charge is 2.73. The first kappa shape index (κ1) is 35.1. The van der Waals surface area contributed by atoms with E-state index in [2.05, 4.69) is 0 Å². The molecule has 2 aliphatic heterocycles. The van der Waals surface area contributed by atoms with Crippen LogP contribution in [-0.2, 0) is 34.6 Å². The number of alkyl halides is 7.